The summed E-state index contributed by atoms with van der Waals surface area (Å²) in [5.41, 5.74) is 1.36. The first kappa shape index (κ1) is 11.1. The number of ether oxygens (including phenoxy) is 1. The maximum atomic E-state index is 12.4. The second-order valence-electron chi connectivity index (χ2n) is 4.68. The van der Waals surface area contributed by atoms with Gasteiger partial charge in [-0.05, 0) is 30.5 Å². The van der Waals surface area contributed by atoms with Gasteiger partial charge in [0.15, 0.2) is 11.5 Å². The summed E-state index contributed by atoms with van der Waals surface area (Å²) >= 11 is 0. The molecule has 1 unspecified atom stereocenters. The largest absolute Gasteiger partial charge is 0.504 e. The number of methoxy groups -OCH3 is 1. The minimum atomic E-state index is 0.0239. The number of amides is 1. The standard InChI is InChI=1S/C14H15NO3/c1-18-13-8-11-9(7-12(13)16)4-5-10-3-2-6-15(10)14(11)17/h4-5,7-8,10,16H,2-3,6H2,1H3. The second kappa shape index (κ2) is 4.05. The number of hydrogen-bond acceptors (Lipinski definition) is 3. The van der Waals surface area contributed by atoms with Gasteiger partial charge in [-0.15, -0.1) is 0 Å². The van der Waals surface area contributed by atoms with E-state index < -0.39 is 0 Å². The van der Waals surface area contributed by atoms with Gasteiger partial charge in [0.1, 0.15) is 0 Å². The highest BCUT2D eigenvalue weighted by Gasteiger charge is 2.31. The summed E-state index contributed by atoms with van der Waals surface area (Å²) in [5, 5.41) is 9.76. The predicted molar refractivity (Wildman–Crippen MR) is 67.8 cm³/mol. The van der Waals surface area contributed by atoms with Gasteiger partial charge in [0.2, 0.25) is 0 Å². The predicted octanol–water partition coefficient (Wildman–Crippen LogP) is 2.03. The van der Waals surface area contributed by atoms with Crippen LogP contribution in [0, 0.1) is 0 Å². The van der Waals surface area contributed by atoms with Crippen LogP contribution in [0.2, 0.25) is 0 Å². The topological polar surface area (TPSA) is 49.8 Å². The quantitative estimate of drug-likeness (QED) is 0.823. The molecule has 0 saturated carbocycles. The summed E-state index contributed by atoms with van der Waals surface area (Å²) in [6.45, 7) is 0.802. The highest BCUT2D eigenvalue weighted by Crippen LogP contribution is 2.34. The maximum Gasteiger partial charge on any atom is 0.255 e. The van der Waals surface area contributed by atoms with Gasteiger partial charge >= 0.3 is 0 Å². The van der Waals surface area contributed by atoms with Crippen LogP contribution in [0.3, 0.4) is 0 Å². The van der Waals surface area contributed by atoms with Crippen LogP contribution in [0.15, 0.2) is 18.2 Å². The van der Waals surface area contributed by atoms with Crippen molar-refractivity contribution in [2.45, 2.75) is 18.9 Å². The van der Waals surface area contributed by atoms with Crippen molar-refractivity contribution in [1.29, 1.82) is 0 Å². The van der Waals surface area contributed by atoms with E-state index in [4.69, 9.17) is 4.74 Å². The number of hydrogen-bond donors (Lipinski definition) is 1. The van der Waals surface area contributed by atoms with E-state index in [9.17, 15) is 9.90 Å². The Kier molecular flexibility index (Phi) is 2.51. The molecular weight excluding hydrogens is 230 g/mol. The van der Waals surface area contributed by atoms with Crippen molar-refractivity contribution in [2.75, 3.05) is 13.7 Å². The monoisotopic (exact) mass is 245 g/mol. The molecule has 1 saturated heterocycles. The fraction of sp³-hybridized carbons (Fsp3) is 0.357. The van der Waals surface area contributed by atoms with Gasteiger partial charge in [0, 0.05) is 6.54 Å². The summed E-state index contributed by atoms with van der Waals surface area (Å²) in [7, 11) is 1.48. The lowest BCUT2D eigenvalue weighted by molar-refractivity contribution is 0.0763. The zero-order valence-electron chi connectivity index (χ0n) is 10.2. The lowest BCUT2D eigenvalue weighted by Gasteiger charge is -2.21. The van der Waals surface area contributed by atoms with Crippen molar-refractivity contribution in [3.05, 3.63) is 29.3 Å². The van der Waals surface area contributed by atoms with E-state index in [1.165, 1.54) is 7.11 Å². The highest BCUT2D eigenvalue weighted by molar-refractivity contribution is 6.00. The molecular formula is C14H15NO3. The highest BCUT2D eigenvalue weighted by atomic mass is 16.5. The van der Waals surface area contributed by atoms with E-state index in [0.29, 0.717) is 11.3 Å². The zero-order valence-corrected chi connectivity index (χ0v) is 10.2. The van der Waals surface area contributed by atoms with Gasteiger partial charge in [0.05, 0.1) is 18.7 Å². The third-order valence-electron chi connectivity index (χ3n) is 3.64. The van der Waals surface area contributed by atoms with Crippen LogP contribution in [-0.2, 0) is 0 Å². The van der Waals surface area contributed by atoms with Crippen molar-refractivity contribution in [3.8, 4) is 11.5 Å². The zero-order chi connectivity index (χ0) is 12.7. The first-order valence-electron chi connectivity index (χ1n) is 6.11. The number of carbonyl (C=O) groups is 1. The van der Waals surface area contributed by atoms with E-state index in [0.717, 1.165) is 24.9 Å². The van der Waals surface area contributed by atoms with E-state index in [1.807, 2.05) is 17.1 Å². The van der Waals surface area contributed by atoms with Gasteiger partial charge in [-0.1, -0.05) is 12.2 Å². The molecule has 0 radical (unpaired) electrons. The van der Waals surface area contributed by atoms with E-state index in [2.05, 4.69) is 0 Å². The van der Waals surface area contributed by atoms with Crippen LogP contribution in [0.4, 0.5) is 0 Å². The molecule has 94 valence electrons. The number of phenols is 1. The smallest absolute Gasteiger partial charge is 0.255 e. The first-order valence-corrected chi connectivity index (χ1v) is 6.11. The average molecular weight is 245 g/mol. The Bertz CT molecular complexity index is 536. The fourth-order valence-electron chi connectivity index (χ4n) is 2.69. The van der Waals surface area contributed by atoms with Gasteiger partial charge in [0.25, 0.3) is 5.91 Å². The molecule has 4 heteroatoms. The average Bonchev–Trinajstić information content (AvgIpc) is 2.79. The maximum absolute atomic E-state index is 12.4. The number of fused-ring (bicyclic) bond motifs is 2. The van der Waals surface area contributed by atoms with Crippen molar-refractivity contribution in [2.24, 2.45) is 0 Å². The summed E-state index contributed by atoms with van der Waals surface area (Å²) in [5.74, 6) is 0.430. The minimum Gasteiger partial charge on any atom is -0.504 e. The molecule has 0 aromatic heterocycles. The van der Waals surface area contributed by atoms with Crippen molar-refractivity contribution in [1.82, 2.24) is 4.90 Å². The number of nitrogens with zero attached hydrogens (tertiary/aromatic N) is 1. The molecule has 2 aliphatic rings. The summed E-state index contributed by atoms with van der Waals surface area (Å²) < 4.78 is 5.07. The van der Waals surface area contributed by atoms with Crippen LogP contribution < -0.4 is 4.74 Å². The van der Waals surface area contributed by atoms with Crippen molar-refractivity contribution >= 4 is 12.0 Å². The number of rotatable bonds is 1. The molecule has 1 atom stereocenters. The molecule has 1 N–H and O–H groups in total. The van der Waals surface area contributed by atoms with E-state index in [-0.39, 0.29) is 17.7 Å². The van der Waals surface area contributed by atoms with E-state index >= 15 is 0 Å². The number of benzene rings is 1. The summed E-state index contributed by atoms with van der Waals surface area (Å²) in [4.78, 5) is 14.3. The second-order valence-corrected chi connectivity index (χ2v) is 4.68. The molecule has 2 heterocycles. The molecule has 1 fully saturated rings. The Morgan fingerprint density at radius 2 is 2.28 bits per heavy atom. The van der Waals surface area contributed by atoms with Crippen LogP contribution in [0.5, 0.6) is 11.5 Å². The Labute approximate surface area is 105 Å². The molecule has 4 nitrogen and oxygen atoms in total. The Morgan fingerprint density at radius 1 is 1.44 bits per heavy atom. The SMILES string of the molecule is COc1cc2c(cc1O)C=CC1CCCN1C2=O. The molecule has 1 aromatic rings. The molecule has 1 amide bonds. The molecule has 0 bridgehead atoms. The Morgan fingerprint density at radius 3 is 3.06 bits per heavy atom. The molecule has 3 rings (SSSR count). The minimum absolute atomic E-state index is 0.0239. The Balaban J connectivity index is 2.12. The van der Waals surface area contributed by atoms with Crippen molar-refractivity contribution < 1.29 is 14.6 Å². The molecule has 0 aliphatic carbocycles. The number of aromatic hydroxyl groups is 1. The third kappa shape index (κ3) is 1.56. The summed E-state index contributed by atoms with van der Waals surface area (Å²) in [6.07, 6.45) is 6.02. The molecule has 1 aromatic carbocycles. The van der Waals surface area contributed by atoms with Gasteiger partial charge in [-0.25, -0.2) is 0 Å². The summed E-state index contributed by atoms with van der Waals surface area (Å²) in [6, 6.07) is 3.40. The molecule has 18 heavy (non-hydrogen) atoms. The van der Waals surface area contributed by atoms with Crippen molar-refractivity contribution in [3.63, 3.8) is 0 Å². The van der Waals surface area contributed by atoms with E-state index in [1.54, 1.807) is 12.1 Å². The Hall–Kier alpha value is -1.97. The number of carbonyl (C=O) groups excluding carboxylic acids is 1. The van der Waals surface area contributed by atoms with Crippen LogP contribution >= 0.6 is 0 Å². The van der Waals surface area contributed by atoms with Gasteiger partial charge in [-0.2, -0.15) is 0 Å². The molecule has 2 aliphatic heterocycles. The first-order chi connectivity index (χ1) is 8.70. The van der Waals surface area contributed by atoms with Crippen LogP contribution in [-0.4, -0.2) is 35.6 Å². The number of phenolic OH excluding ortho intramolecular Hbond substituents is 1. The molecule has 0 spiro atoms. The third-order valence-corrected chi connectivity index (χ3v) is 3.64. The fourth-order valence-corrected chi connectivity index (χ4v) is 2.69. The lowest BCUT2D eigenvalue weighted by Crippen LogP contribution is -2.33. The normalized spacial score (nSPS) is 21.5. The van der Waals surface area contributed by atoms with Crippen LogP contribution in [0.25, 0.3) is 6.08 Å². The van der Waals surface area contributed by atoms with Crippen LogP contribution in [0.1, 0.15) is 28.8 Å². The van der Waals surface area contributed by atoms with Gasteiger partial charge < -0.3 is 14.7 Å². The van der Waals surface area contributed by atoms with Gasteiger partial charge in [-0.3, -0.25) is 4.79 Å². The lowest BCUT2D eigenvalue weighted by atomic mass is 10.1.